The van der Waals surface area contributed by atoms with Crippen LogP contribution in [0.5, 0.6) is 11.5 Å². The van der Waals surface area contributed by atoms with E-state index in [1.54, 1.807) is 0 Å². The molecule has 2 aromatic rings. The lowest BCUT2D eigenvalue weighted by Gasteiger charge is -2.33. The van der Waals surface area contributed by atoms with E-state index in [2.05, 4.69) is 40.0 Å². The molecular weight excluding hydrogens is 386 g/mol. The van der Waals surface area contributed by atoms with Crippen LogP contribution >= 0.6 is 0 Å². The summed E-state index contributed by atoms with van der Waals surface area (Å²) in [6.45, 7) is 3.99. The molecule has 6 heteroatoms. The first kappa shape index (κ1) is 22.8. The topological polar surface area (TPSA) is 72.4 Å². The lowest BCUT2D eigenvalue weighted by atomic mass is 9.94. The molecule has 2 aromatic carbocycles. The Bertz CT molecular complexity index is 879. The number of ether oxygens (including phenoxy) is 1. The SMILES string of the molecule is CN/C(NC1CCCN(C)C1)=C(\C(C)=N)C(NC)c1ccc(Oc2ccccc2)cc1. The number of para-hydroxylation sites is 1. The van der Waals surface area contributed by atoms with Gasteiger partial charge in [0.05, 0.1) is 6.04 Å². The summed E-state index contributed by atoms with van der Waals surface area (Å²) >= 11 is 0. The number of hydrogen-bond donors (Lipinski definition) is 4. The predicted octanol–water partition coefficient (Wildman–Crippen LogP) is 3.89. The summed E-state index contributed by atoms with van der Waals surface area (Å²) < 4.78 is 5.93. The van der Waals surface area contributed by atoms with Gasteiger partial charge >= 0.3 is 0 Å². The van der Waals surface area contributed by atoms with Gasteiger partial charge in [0.15, 0.2) is 0 Å². The van der Waals surface area contributed by atoms with Crippen molar-refractivity contribution in [3.05, 3.63) is 71.6 Å². The zero-order chi connectivity index (χ0) is 22.2. The van der Waals surface area contributed by atoms with Crippen LogP contribution in [0.25, 0.3) is 0 Å². The average molecular weight is 422 g/mol. The fourth-order valence-electron chi connectivity index (χ4n) is 4.15. The molecule has 0 aromatic heterocycles. The number of likely N-dealkylation sites (N-methyl/N-ethyl adjacent to an activating group) is 2. The minimum absolute atomic E-state index is 0.112. The second-order valence-corrected chi connectivity index (χ2v) is 8.12. The van der Waals surface area contributed by atoms with Crippen LogP contribution in [0, 0.1) is 5.41 Å². The van der Waals surface area contributed by atoms with E-state index in [-0.39, 0.29) is 6.04 Å². The van der Waals surface area contributed by atoms with Crippen molar-refractivity contribution in [2.24, 2.45) is 0 Å². The predicted molar refractivity (Wildman–Crippen MR) is 128 cm³/mol. The van der Waals surface area contributed by atoms with Crippen molar-refractivity contribution in [2.45, 2.75) is 31.8 Å². The Kier molecular flexibility index (Phi) is 8.09. The van der Waals surface area contributed by atoms with E-state index in [4.69, 9.17) is 10.1 Å². The van der Waals surface area contributed by atoms with Gasteiger partial charge in [0, 0.05) is 30.9 Å². The molecule has 0 radical (unpaired) electrons. The van der Waals surface area contributed by atoms with E-state index in [0.717, 1.165) is 48.0 Å². The molecule has 0 bridgehead atoms. The van der Waals surface area contributed by atoms with E-state index >= 15 is 0 Å². The highest BCUT2D eigenvalue weighted by atomic mass is 16.5. The first-order chi connectivity index (χ1) is 15.0. The quantitative estimate of drug-likeness (QED) is 0.462. The van der Waals surface area contributed by atoms with E-state index < -0.39 is 0 Å². The summed E-state index contributed by atoms with van der Waals surface area (Å²) in [6, 6.07) is 18.1. The Morgan fingerprint density at radius 3 is 2.32 bits per heavy atom. The van der Waals surface area contributed by atoms with Gasteiger partial charge in [-0.2, -0.15) is 0 Å². The van der Waals surface area contributed by atoms with Crippen LogP contribution in [0.4, 0.5) is 0 Å². The smallest absolute Gasteiger partial charge is 0.127 e. The first-order valence-electron chi connectivity index (χ1n) is 10.9. The van der Waals surface area contributed by atoms with Crippen molar-refractivity contribution in [3.63, 3.8) is 0 Å². The molecule has 2 atom stereocenters. The maximum absolute atomic E-state index is 8.50. The number of piperidine rings is 1. The van der Waals surface area contributed by atoms with Gasteiger partial charge in [0.25, 0.3) is 0 Å². The first-order valence-corrected chi connectivity index (χ1v) is 10.9. The lowest BCUT2D eigenvalue weighted by molar-refractivity contribution is 0.233. The molecule has 3 rings (SSSR count). The third kappa shape index (κ3) is 6.09. The Balaban J connectivity index is 1.83. The normalized spacial score (nSPS) is 18.6. The van der Waals surface area contributed by atoms with Crippen LogP contribution in [0.2, 0.25) is 0 Å². The summed E-state index contributed by atoms with van der Waals surface area (Å²) in [6.07, 6.45) is 2.32. The molecule has 0 spiro atoms. The van der Waals surface area contributed by atoms with Gasteiger partial charge < -0.3 is 31.0 Å². The molecule has 6 nitrogen and oxygen atoms in total. The molecule has 31 heavy (non-hydrogen) atoms. The van der Waals surface area contributed by atoms with Gasteiger partial charge in [0.1, 0.15) is 17.3 Å². The van der Waals surface area contributed by atoms with Crippen LogP contribution < -0.4 is 20.7 Å². The van der Waals surface area contributed by atoms with Crippen LogP contribution in [-0.2, 0) is 0 Å². The number of nitrogens with one attached hydrogen (secondary N) is 4. The molecule has 1 heterocycles. The maximum atomic E-state index is 8.50. The molecule has 0 saturated carbocycles. The van der Waals surface area contributed by atoms with Crippen molar-refractivity contribution < 1.29 is 4.74 Å². The number of nitrogens with zero attached hydrogens (tertiary/aromatic N) is 1. The summed E-state index contributed by atoms with van der Waals surface area (Å²) in [4.78, 5) is 2.35. The van der Waals surface area contributed by atoms with Crippen molar-refractivity contribution in [1.82, 2.24) is 20.9 Å². The standard InChI is InChI=1S/C25H35N5O/c1-18(26)23(25(28-3)29-20-9-8-16-30(4)17-20)24(27-2)19-12-14-22(15-13-19)31-21-10-6-5-7-11-21/h5-7,10-15,20,24,26-29H,8-9,16-17H2,1-4H3/b25-23-,26-18?. The van der Waals surface area contributed by atoms with Gasteiger partial charge in [-0.1, -0.05) is 30.3 Å². The van der Waals surface area contributed by atoms with Crippen LogP contribution in [0.15, 0.2) is 66.0 Å². The minimum atomic E-state index is -0.112. The fourth-order valence-corrected chi connectivity index (χ4v) is 4.15. The molecule has 166 valence electrons. The van der Waals surface area contributed by atoms with E-state index in [1.165, 1.54) is 6.42 Å². The van der Waals surface area contributed by atoms with Crippen molar-refractivity contribution in [2.75, 3.05) is 34.2 Å². The number of benzene rings is 2. The second-order valence-electron chi connectivity index (χ2n) is 8.12. The molecule has 0 aliphatic carbocycles. The fraction of sp³-hybridized carbons (Fsp3) is 0.400. The van der Waals surface area contributed by atoms with Gasteiger partial charge in [-0.05, 0) is 70.2 Å². The number of likely N-dealkylation sites (tertiary alicyclic amines) is 1. The van der Waals surface area contributed by atoms with E-state index in [9.17, 15) is 0 Å². The van der Waals surface area contributed by atoms with Gasteiger partial charge in [0.2, 0.25) is 0 Å². The second kappa shape index (κ2) is 11.0. The highest BCUT2D eigenvalue weighted by molar-refractivity contribution is 5.97. The Labute approximate surface area is 186 Å². The van der Waals surface area contributed by atoms with Crippen LogP contribution in [0.1, 0.15) is 31.4 Å². The summed E-state index contributed by atoms with van der Waals surface area (Å²) in [5.74, 6) is 2.52. The molecule has 0 amide bonds. The highest BCUT2D eigenvalue weighted by Crippen LogP contribution is 2.28. The third-order valence-electron chi connectivity index (χ3n) is 5.67. The van der Waals surface area contributed by atoms with E-state index in [0.29, 0.717) is 11.8 Å². The summed E-state index contributed by atoms with van der Waals surface area (Å²) in [7, 11) is 6.01. The van der Waals surface area contributed by atoms with Crippen molar-refractivity contribution in [1.29, 1.82) is 5.41 Å². The number of rotatable bonds is 9. The lowest BCUT2D eigenvalue weighted by Crippen LogP contribution is -2.46. The molecular formula is C25H35N5O. The third-order valence-corrected chi connectivity index (χ3v) is 5.67. The Morgan fingerprint density at radius 1 is 1.06 bits per heavy atom. The molecule has 1 saturated heterocycles. The van der Waals surface area contributed by atoms with Gasteiger partial charge in [-0.3, -0.25) is 0 Å². The zero-order valence-corrected chi connectivity index (χ0v) is 19.0. The molecule has 4 N–H and O–H groups in total. The van der Waals surface area contributed by atoms with Crippen LogP contribution in [0.3, 0.4) is 0 Å². The van der Waals surface area contributed by atoms with Gasteiger partial charge in [-0.15, -0.1) is 0 Å². The molecule has 1 aliphatic heterocycles. The van der Waals surface area contributed by atoms with Crippen LogP contribution in [-0.4, -0.2) is 50.9 Å². The molecule has 1 aliphatic rings. The summed E-state index contributed by atoms with van der Waals surface area (Å²) in [5, 5.41) is 18.9. The Morgan fingerprint density at radius 2 is 1.74 bits per heavy atom. The molecule has 1 fully saturated rings. The van der Waals surface area contributed by atoms with Crippen molar-refractivity contribution in [3.8, 4) is 11.5 Å². The monoisotopic (exact) mass is 421 g/mol. The van der Waals surface area contributed by atoms with Gasteiger partial charge in [-0.25, -0.2) is 0 Å². The number of hydrogen-bond acceptors (Lipinski definition) is 6. The van der Waals surface area contributed by atoms with E-state index in [1.807, 2.05) is 63.5 Å². The summed E-state index contributed by atoms with van der Waals surface area (Å²) in [5.41, 5.74) is 2.54. The Hall–Kier alpha value is -2.83. The van der Waals surface area contributed by atoms with Crippen molar-refractivity contribution >= 4 is 5.71 Å². The maximum Gasteiger partial charge on any atom is 0.127 e. The highest BCUT2D eigenvalue weighted by Gasteiger charge is 2.24. The minimum Gasteiger partial charge on any atom is -0.457 e. The average Bonchev–Trinajstić information content (AvgIpc) is 2.77. The zero-order valence-electron chi connectivity index (χ0n) is 19.0. The molecule has 2 unspecified atom stereocenters. The largest absolute Gasteiger partial charge is 0.457 e.